The van der Waals surface area contributed by atoms with Crippen LogP contribution in [0.3, 0.4) is 0 Å². The Balaban J connectivity index is 1.39. The van der Waals surface area contributed by atoms with Crippen molar-refractivity contribution in [3.8, 4) is 5.75 Å². The number of nitrogens with zero attached hydrogens (tertiary/aromatic N) is 4. The van der Waals surface area contributed by atoms with Gasteiger partial charge in [-0.3, -0.25) is 4.79 Å². The average Bonchev–Trinajstić information content (AvgIpc) is 3.30. The molecule has 2 atom stereocenters. The standard InChI is InChI=1S/C18H22N4O3/c1-24-12-14-10-22(20-19-14)15-8-9-21(11-15)18(23)17-7-6-13-4-2-3-5-16(13)25-17/h2-5,10,15,17H,6-9,11-12H2,1H3. The number of aryl methyl sites for hydroxylation is 1. The predicted molar refractivity (Wildman–Crippen MR) is 90.1 cm³/mol. The minimum absolute atomic E-state index is 0.0780. The summed E-state index contributed by atoms with van der Waals surface area (Å²) in [6, 6.07) is 8.11. The van der Waals surface area contributed by atoms with E-state index in [1.165, 1.54) is 5.56 Å². The van der Waals surface area contributed by atoms with E-state index in [9.17, 15) is 4.79 Å². The van der Waals surface area contributed by atoms with Gasteiger partial charge in [0.2, 0.25) is 0 Å². The molecule has 2 aromatic rings. The van der Waals surface area contributed by atoms with Crippen LogP contribution in [0.5, 0.6) is 5.75 Å². The summed E-state index contributed by atoms with van der Waals surface area (Å²) in [6.07, 6.45) is 4.01. The summed E-state index contributed by atoms with van der Waals surface area (Å²) in [5, 5.41) is 8.27. The Labute approximate surface area is 146 Å². The van der Waals surface area contributed by atoms with E-state index in [2.05, 4.69) is 16.4 Å². The zero-order valence-electron chi connectivity index (χ0n) is 14.3. The lowest BCUT2D eigenvalue weighted by atomic mass is 10.0. The molecule has 0 saturated carbocycles. The molecule has 1 aromatic heterocycles. The normalized spacial score (nSPS) is 22.5. The molecule has 4 rings (SSSR count). The average molecular weight is 342 g/mol. The number of carbonyl (C=O) groups excluding carboxylic acids is 1. The van der Waals surface area contributed by atoms with E-state index in [0.717, 1.165) is 37.3 Å². The molecule has 0 radical (unpaired) electrons. The van der Waals surface area contributed by atoms with Crippen LogP contribution >= 0.6 is 0 Å². The van der Waals surface area contributed by atoms with E-state index in [0.29, 0.717) is 13.2 Å². The fourth-order valence-electron chi connectivity index (χ4n) is 3.57. The monoisotopic (exact) mass is 342 g/mol. The van der Waals surface area contributed by atoms with Gasteiger partial charge in [0.15, 0.2) is 6.10 Å². The fraction of sp³-hybridized carbons (Fsp3) is 0.500. The van der Waals surface area contributed by atoms with Crippen LogP contribution in [-0.2, 0) is 22.6 Å². The van der Waals surface area contributed by atoms with E-state index >= 15 is 0 Å². The molecule has 2 aliphatic rings. The number of fused-ring (bicyclic) bond motifs is 1. The van der Waals surface area contributed by atoms with Crippen LogP contribution in [0.1, 0.15) is 30.1 Å². The first-order valence-corrected chi connectivity index (χ1v) is 8.67. The van der Waals surface area contributed by atoms with Gasteiger partial charge in [-0.2, -0.15) is 0 Å². The first-order valence-electron chi connectivity index (χ1n) is 8.67. The molecule has 132 valence electrons. The van der Waals surface area contributed by atoms with E-state index in [-0.39, 0.29) is 18.1 Å². The highest BCUT2D eigenvalue weighted by atomic mass is 16.5. The number of benzene rings is 1. The third-order valence-corrected chi connectivity index (χ3v) is 4.89. The SMILES string of the molecule is COCc1cn(C2CCN(C(=O)C3CCc4ccccc4O3)C2)nn1. The Morgan fingerprint density at radius 1 is 1.36 bits per heavy atom. The van der Waals surface area contributed by atoms with Crippen LogP contribution in [0, 0.1) is 0 Å². The minimum atomic E-state index is -0.381. The maximum Gasteiger partial charge on any atom is 0.263 e. The molecule has 0 spiro atoms. The number of para-hydroxylation sites is 1. The van der Waals surface area contributed by atoms with Crippen molar-refractivity contribution in [3.05, 3.63) is 41.7 Å². The van der Waals surface area contributed by atoms with Crippen LogP contribution in [0.4, 0.5) is 0 Å². The number of methoxy groups -OCH3 is 1. The maximum absolute atomic E-state index is 12.8. The fourth-order valence-corrected chi connectivity index (χ4v) is 3.57. The van der Waals surface area contributed by atoms with Crippen LogP contribution < -0.4 is 4.74 Å². The summed E-state index contributed by atoms with van der Waals surface area (Å²) in [7, 11) is 1.64. The number of likely N-dealkylation sites (tertiary alicyclic amines) is 1. The van der Waals surface area contributed by atoms with E-state index in [1.54, 1.807) is 7.11 Å². The van der Waals surface area contributed by atoms with Crippen molar-refractivity contribution in [1.82, 2.24) is 19.9 Å². The largest absolute Gasteiger partial charge is 0.480 e. The van der Waals surface area contributed by atoms with E-state index in [4.69, 9.17) is 9.47 Å². The molecular formula is C18H22N4O3. The number of hydrogen-bond acceptors (Lipinski definition) is 5. The summed E-state index contributed by atoms with van der Waals surface area (Å²) in [5.41, 5.74) is 1.98. The molecule has 1 amide bonds. The van der Waals surface area contributed by atoms with Gasteiger partial charge in [-0.05, 0) is 30.9 Å². The highest BCUT2D eigenvalue weighted by Gasteiger charge is 2.34. The van der Waals surface area contributed by atoms with Crippen molar-refractivity contribution in [2.75, 3.05) is 20.2 Å². The van der Waals surface area contributed by atoms with Crippen molar-refractivity contribution in [2.24, 2.45) is 0 Å². The minimum Gasteiger partial charge on any atom is -0.480 e. The predicted octanol–water partition coefficient (Wildman–Crippen LogP) is 1.59. The van der Waals surface area contributed by atoms with Crippen LogP contribution in [0.15, 0.2) is 30.5 Å². The topological polar surface area (TPSA) is 69.5 Å². The maximum atomic E-state index is 12.8. The molecule has 3 heterocycles. The van der Waals surface area contributed by atoms with Gasteiger partial charge in [-0.25, -0.2) is 4.68 Å². The Morgan fingerprint density at radius 3 is 3.12 bits per heavy atom. The zero-order chi connectivity index (χ0) is 17.2. The lowest BCUT2D eigenvalue weighted by Crippen LogP contribution is -2.42. The third kappa shape index (κ3) is 3.24. The van der Waals surface area contributed by atoms with Crippen molar-refractivity contribution < 1.29 is 14.3 Å². The first-order chi connectivity index (χ1) is 12.2. The molecule has 1 fully saturated rings. The van der Waals surface area contributed by atoms with Crippen LogP contribution in [0.25, 0.3) is 0 Å². The zero-order valence-corrected chi connectivity index (χ0v) is 14.3. The smallest absolute Gasteiger partial charge is 0.263 e. The second-order valence-electron chi connectivity index (χ2n) is 6.60. The highest BCUT2D eigenvalue weighted by Crippen LogP contribution is 2.29. The third-order valence-electron chi connectivity index (χ3n) is 4.89. The van der Waals surface area contributed by atoms with E-state index in [1.807, 2.05) is 34.0 Å². The van der Waals surface area contributed by atoms with Crippen molar-refractivity contribution in [2.45, 2.75) is 38.0 Å². The molecule has 0 N–H and O–H groups in total. The van der Waals surface area contributed by atoms with Gasteiger partial charge in [0.05, 0.1) is 18.8 Å². The number of amides is 1. The van der Waals surface area contributed by atoms with E-state index < -0.39 is 0 Å². The molecule has 1 saturated heterocycles. The molecule has 7 nitrogen and oxygen atoms in total. The Bertz CT molecular complexity index is 760. The Hall–Kier alpha value is -2.41. The van der Waals surface area contributed by atoms with Gasteiger partial charge < -0.3 is 14.4 Å². The summed E-state index contributed by atoms with van der Waals surface area (Å²) >= 11 is 0. The Morgan fingerprint density at radius 2 is 2.24 bits per heavy atom. The van der Waals surface area contributed by atoms with Crippen molar-refractivity contribution in [1.29, 1.82) is 0 Å². The number of rotatable bonds is 4. The molecular weight excluding hydrogens is 320 g/mol. The molecule has 2 unspecified atom stereocenters. The number of aromatic nitrogens is 3. The molecule has 25 heavy (non-hydrogen) atoms. The quantitative estimate of drug-likeness (QED) is 0.844. The number of carbonyl (C=O) groups is 1. The van der Waals surface area contributed by atoms with Gasteiger partial charge in [0.25, 0.3) is 5.91 Å². The molecule has 2 aliphatic heterocycles. The lowest BCUT2D eigenvalue weighted by molar-refractivity contribution is -0.138. The summed E-state index contributed by atoms with van der Waals surface area (Å²) in [5.74, 6) is 0.914. The first kappa shape index (κ1) is 16.1. The van der Waals surface area contributed by atoms with Gasteiger partial charge in [0, 0.05) is 20.2 Å². The van der Waals surface area contributed by atoms with Crippen LogP contribution in [-0.4, -0.2) is 52.1 Å². The Kier molecular flexibility index (Phi) is 4.40. The van der Waals surface area contributed by atoms with Gasteiger partial charge >= 0.3 is 0 Å². The molecule has 0 bridgehead atoms. The van der Waals surface area contributed by atoms with Gasteiger partial charge in [-0.1, -0.05) is 23.4 Å². The number of ether oxygens (including phenoxy) is 2. The second-order valence-corrected chi connectivity index (χ2v) is 6.60. The second kappa shape index (κ2) is 6.84. The van der Waals surface area contributed by atoms with Gasteiger partial charge in [-0.15, -0.1) is 5.10 Å². The van der Waals surface area contributed by atoms with Crippen LogP contribution in [0.2, 0.25) is 0 Å². The molecule has 7 heteroatoms. The summed E-state index contributed by atoms with van der Waals surface area (Å²) in [6.45, 7) is 1.82. The number of hydrogen-bond donors (Lipinski definition) is 0. The van der Waals surface area contributed by atoms with Crippen molar-refractivity contribution in [3.63, 3.8) is 0 Å². The van der Waals surface area contributed by atoms with Gasteiger partial charge in [0.1, 0.15) is 11.4 Å². The lowest BCUT2D eigenvalue weighted by Gasteiger charge is -2.28. The molecule has 1 aromatic carbocycles. The highest BCUT2D eigenvalue weighted by molar-refractivity contribution is 5.82. The summed E-state index contributed by atoms with van der Waals surface area (Å²) < 4.78 is 12.9. The van der Waals surface area contributed by atoms with Crippen molar-refractivity contribution >= 4 is 5.91 Å². The molecule has 0 aliphatic carbocycles. The summed E-state index contributed by atoms with van der Waals surface area (Å²) in [4.78, 5) is 14.7.